The molecule has 0 aliphatic heterocycles. The number of aromatic nitrogens is 3. The number of carbonyl (C=O) groups excluding carboxylic acids is 1. The highest BCUT2D eigenvalue weighted by molar-refractivity contribution is 5.84. The number of para-hydroxylation sites is 1. The molecule has 1 atom stereocenters. The Bertz CT molecular complexity index is 590. The standard InChI is InChI=1S/C13H17N5O2/c1-9(12(19)14-7-8-20-2)15-13-16-10-5-3-4-6-11(10)17-18-13/h3-6,9H,7-8H2,1-2H3,(H,14,19)(H,15,16,18). The van der Waals surface area contributed by atoms with E-state index in [1.165, 1.54) is 0 Å². The number of amides is 1. The van der Waals surface area contributed by atoms with Crippen LogP contribution in [0.5, 0.6) is 0 Å². The summed E-state index contributed by atoms with van der Waals surface area (Å²) >= 11 is 0. The number of carbonyl (C=O) groups is 1. The monoisotopic (exact) mass is 275 g/mol. The fourth-order valence-electron chi connectivity index (χ4n) is 1.63. The molecule has 0 saturated heterocycles. The lowest BCUT2D eigenvalue weighted by atomic mass is 10.3. The SMILES string of the molecule is COCCNC(=O)C(C)Nc1nnc2ccccc2n1. The molecule has 0 radical (unpaired) electrons. The number of benzene rings is 1. The van der Waals surface area contributed by atoms with Crippen molar-refractivity contribution < 1.29 is 9.53 Å². The van der Waals surface area contributed by atoms with E-state index in [-0.39, 0.29) is 5.91 Å². The van der Waals surface area contributed by atoms with Crippen LogP contribution in [0.3, 0.4) is 0 Å². The molecule has 0 aliphatic rings. The first kappa shape index (κ1) is 14.1. The number of hydrogen-bond donors (Lipinski definition) is 2. The Morgan fingerprint density at radius 1 is 1.30 bits per heavy atom. The van der Waals surface area contributed by atoms with Crippen LogP contribution in [-0.4, -0.2) is 47.4 Å². The molecule has 2 N–H and O–H groups in total. The van der Waals surface area contributed by atoms with Crippen LogP contribution in [0.15, 0.2) is 24.3 Å². The van der Waals surface area contributed by atoms with Gasteiger partial charge in [-0.15, -0.1) is 10.2 Å². The van der Waals surface area contributed by atoms with E-state index in [4.69, 9.17) is 4.74 Å². The van der Waals surface area contributed by atoms with Crippen molar-refractivity contribution in [3.63, 3.8) is 0 Å². The Balaban J connectivity index is 1.98. The minimum atomic E-state index is -0.449. The minimum Gasteiger partial charge on any atom is -0.383 e. The molecule has 1 amide bonds. The molecule has 1 unspecified atom stereocenters. The number of nitrogens with zero attached hydrogens (tertiary/aromatic N) is 3. The van der Waals surface area contributed by atoms with Gasteiger partial charge in [0.2, 0.25) is 11.9 Å². The third-order valence-electron chi connectivity index (χ3n) is 2.70. The van der Waals surface area contributed by atoms with E-state index < -0.39 is 6.04 Å². The highest BCUT2D eigenvalue weighted by atomic mass is 16.5. The third-order valence-corrected chi connectivity index (χ3v) is 2.70. The van der Waals surface area contributed by atoms with Crippen LogP contribution in [0.25, 0.3) is 11.0 Å². The van der Waals surface area contributed by atoms with Crippen LogP contribution in [0.1, 0.15) is 6.92 Å². The van der Waals surface area contributed by atoms with Gasteiger partial charge in [0.15, 0.2) is 0 Å². The van der Waals surface area contributed by atoms with Gasteiger partial charge in [-0.1, -0.05) is 12.1 Å². The molecule has 0 spiro atoms. The van der Waals surface area contributed by atoms with E-state index in [0.29, 0.717) is 19.1 Å². The van der Waals surface area contributed by atoms with Crippen molar-refractivity contribution in [2.45, 2.75) is 13.0 Å². The summed E-state index contributed by atoms with van der Waals surface area (Å²) in [6.45, 7) is 2.69. The molecular weight excluding hydrogens is 258 g/mol. The molecule has 1 aromatic heterocycles. The van der Waals surface area contributed by atoms with Crippen LogP contribution in [0, 0.1) is 0 Å². The van der Waals surface area contributed by atoms with Gasteiger partial charge in [-0.2, -0.15) is 0 Å². The molecule has 7 nitrogen and oxygen atoms in total. The molecule has 0 saturated carbocycles. The zero-order chi connectivity index (χ0) is 14.4. The van der Waals surface area contributed by atoms with Crippen LogP contribution >= 0.6 is 0 Å². The van der Waals surface area contributed by atoms with Crippen molar-refractivity contribution in [2.24, 2.45) is 0 Å². The summed E-state index contributed by atoms with van der Waals surface area (Å²) in [5, 5.41) is 13.7. The summed E-state index contributed by atoms with van der Waals surface area (Å²) in [6.07, 6.45) is 0. The summed E-state index contributed by atoms with van der Waals surface area (Å²) in [7, 11) is 1.59. The van der Waals surface area contributed by atoms with E-state index in [1.807, 2.05) is 24.3 Å². The lowest BCUT2D eigenvalue weighted by molar-refractivity contribution is -0.121. The Morgan fingerprint density at radius 3 is 2.80 bits per heavy atom. The van der Waals surface area contributed by atoms with E-state index in [0.717, 1.165) is 11.0 Å². The van der Waals surface area contributed by atoms with Gasteiger partial charge in [0.1, 0.15) is 11.6 Å². The van der Waals surface area contributed by atoms with Gasteiger partial charge in [-0.05, 0) is 19.1 Å². The number of ether oxygens (including phenoxy) is 1. The fourth-order valence-corrected chi connectivity index (χ4v) is 1.63. The summed E-state index contributed by atoms with van der Waals surface area (Å²) in [5.41, 5.74) is 1.45. The van der Waals surface area contributed by atoms with Gasteiger partial charge in [0.25, 0.3) is 0 Å². The van der Waals surface area contributed by atoms with Gasteiger partial charge in [-0.25, -0.2) is 4.98 Å². The number of fused-ring (bicyclic) bond motifs is 1. The summed E-state index contributed by atoms with van der Waals surface area (Å²) < 4.78 is 4.87. The quantitative estimate of drug-likeness (QED) is 0.750. The molecule has 20 heavy (non-hydrogen) atoms. The second-order valence-corrected chi connectivity index (χ2v) is 4.27. The van der Waals surface area contributed by atoms with Crippen molar-refractivity contribution >= 4 is 22.9 Å². The smallest absolute Gasteiger partial charge is 0.243 e. The maximum absolute atomic E-state index is 11.8. The maximum atomic E-state index is 11.8. The van der Waals surface area contributed by atoms with E-state index in [1.54, 1.807) is 14.0 Å². The van der Waals surface area contributed by atoms with Crippen LogP contribution in [0.2, 0.25) is 0 Å². The summed E-state index contributed by atoms with van der Waals surface area (Å²) in [4.78, 5) is 16.1. The molecular formula is C13H17N5O2. The van der Waals surface area contributed by atoms with E-state index in [2.05, 4.69) is 25.8 Å². The lowest BCUT2D eigenvalue weighted by Gasteiger charge is -2.13. The second kappa shape index (κ2) is 6.76. The Labute approximate surface area is 116 Å². The van der Waals surface area contributed by atoms with Crippen LogP contribution < -0.4 is 10.6 Å². The third kappa shape index (κ3) is 3.61. The summed E-state index contributed by atoms with van der Waals surface area (Å²) in [6, 6.07) is 6.98. The van der Waals surface area contributed by atoms with E-state index >= 15 is 0 Å². The Kier molecular flexibility index (Phi) is 4.78. The van der Waals surface area contributed by atoms with Crippen molar-refractivity contribution in [1.82, 2.24) is 20.5 Å². The highest BCUT2D eigenvalue weighted by Gasteiger charge is 2.13. The highest BCUT2D eigenvalue weighted by Crippen LogP contribution is 2.09. The number of methoxy groups -OCH3 is 1. The van der Waals surface area contributed by atoms with Crippen molar-refractivity contribution in [3.05, 3.63) is 24.3 Å². The van der Waals surface area contributed by atoms with Gasteiger partial charge in [-0.3, -0.25) is 4.79 Å². The molecule has 0 fully saturated rings. The first-order chi connectivity index (χ1) is 9.70. The predicted octanol–water partition coefficient (Wildman–Crippen LogP) is 0.588. The van der Waals surface area contributed by atoms with Crippen LogP contribution in [-0.2, 0) is 9.53 Å². The first-order valence-electron chi connectivity index (χ1n) is 6.33. The molecule has 7 heteroatoms. The zero-order valence-electron chi connectivity index (χ0n) is 11.5. The predicted molar refractivity (Wildman–Crippen MR) is 75.3 cm³/mol. The number of nitrogens with one attached hydrogen (secondary N) is 2. The van der Waals surface area contributed by atoms with Crippen molar-refractivity contribution in [1.29, 1.82) is 0 Å². The minimum absolute atomic E-state index is 0.140. The second-order valence-electron chi connectivity index (χ2n) is 4.27. The average Bonchev–Trinajstić information content (AvgIpc) is 2.47. The normalized spacial score (nSPS) is 12.1. The van der Waals surface area contributed by atoms with Gasteiger partial charge >= 0.3 is 0 Å². The molecule has 2 rings (SSSR count). The average molecular weight is 275 g/mol. The number of rotatable bonds is 6. The molecule has 0 bridgehead atoms. The molecule has 2 aromatic rings. The zero-order valence-corrected chi connectivity index (χ0v) is 11.5. The fraction of sp³-hybridized carbons (Fsp3) is 0.385. The van der Waals surface area contributed by atoms with Gasteiger partial charge in [0.05, 0.1) is 12.1 Å². The number of hydrogen-bond acceptors (Lipinski definition) is 6. The largest absolute Gasteiger partial charge is 0.383 e. The molecule has 0 aliphatic carbocycles. The molecule has 106 valence electrons. The number of anilines is 1. The Morgan fingerprint density at radius 2 is 2.05 bits per heavy atom. The molecule has 1 aromatic carbocycles. The Hall–Kier alpha value is -2.28. The van der Waals surface area contributed by atoms with E-state index in [9.17, 15) is 4.79 Å². The van der Waals surface area contributed by atoms with Gasteiger partial charge < -0.3 is 15.4 Å². The van der Waals surface area contributed by atoms with Crippen LogP contribution in [0.4, 0.5) is 5.95 Å². The molecule has 1 heterocycles. The van der Waals surface area contributed by atoms with Gasteiger partial charge in [0, 0.05) is 13.7 Å². The van der Waals surface area contributed by atoms with Crippen molar-refractivity contribution in [3.8, 4) is 0 Å². The lowest BCUT2D eigenvalue weighted by Crippen LogP contribution is -2.39. The summed E-state index contributed by atoms with van der Waals surface area (Å²) in [5.74, 6) is 0.192. The first-order valence-corrected chi connectivity index (χ1v) is 6.33. The maximum Gasteiger partial charge on any atom is 0.243 e. The van der Waals surface area contributed by atoms with Crippen molar-refractivity contribution in [2.75, 3.05) is 25.6 Å². The topological polar surface area (TPSA) is 89.0 Å².